The number of carboxylic acid groups (broad SMARTS) is 1. The number of carbonyl (C=O) groups is 3. The summed E-state index contributed by atoms with van der Waals surface area (Å²) >= 11 is 0. The van der Waals surface area contributed by atoms with E-state index >= 15 is 0 Å². The zero-order chi connectivity index (χ0) is 14.5. The van der Waals surface area contributed by atoms with E-state index in [-0.39, 0.29) is 31.2 Å². The summed E-state index contributed by atoms with van der Waals surface area (Å²) < 4.78 is 0. The number of carbonyl (C=O) groups excluding carboxylic acids is 2. The van der Waals surface area contributed by atoms with Gasteiger partial charge >= 0.3 is 5.97 Å². The SMILES string of the molecule is CCCNC(=O)CCC(=O)N1CCC(C)(C(=O)O)C1. The molecular weight excluding hydrogens is 248 g/mol. The molecule has 0 aliphatic carbocycles. The van der Waals surface area contributed by atoms with E-state index < -0.39 is 11.4 Å². The second-order valence-corrected chi connectivity index (χ2v) is 5.28. The van der Waals surface area contributed by atoms with Crippen LogP contribution in [0.5, 0.6) is 0 Å². The molecule has 6 heteroatoms. The van der Waals surface area contributed by atoms with E-state index in [1.165, 1.54) is 0 Å². The fourth-order valence-corrected chi connectivity index (χ4v) is 2.08. The lowest BCUT2D eigenvalue weighted by Gasteiger charge is -2.20. The van der Waals surface area contributed by atoms with Gasteiger partial charge in [-0.25, -0.2) is 0 Å². The van der Waals surface area contributed by atoms with Crippen molar-refractivity contribution in [3.63, 3.8) is 0 Å². The Kier molecular flexibility index (Phi) is 5.32. The van der Waals surface area contributed by atoms with Crippen molar-refractivity contribution >= 4 is 17.8 Å². The van der Waals surface area contributed by atoms with E-state index in [0.717, 1.165) is 6.42 Å². The Hall–Kier alpha value is -1.59. The minimum absolute atomic E-state index is 0.129. The van der Waals surface area contributed by atoms with Gasteiger partial charge in [-0.05, 0) is 19.8 Å². The quantitative estimate of drug-likeness (QED) is 0.740. The first kappa shape index (κ1) is 15.5. The molecule has 1 aliphatic heterocycles. The highest BCUT2D eigenvalue weighted by Gasteiger charge is 2.41. The molecule has 1 saturated heterocycles. The van der Waals surface area contributed by atoms with Crippen LogP contribution in [0.2, 0.25) is 0 Å². The number of nitrogens with zero attached hydrogens (tertiary/aromatic N) is 1. The van der Waals surface area contributed by atoms with Crippen molar-refractivity contribution in [3.05, 3.63) is 0 Å². The fourth-order valence-electron chi connectivity index (χ4n) is 2.08. The molecule has 0 aromatic rings. The minimum atomic E-state index is -0.872. The van der Waals surface area contributed by atoms with Crippen molar-refractivity contribution in [3.8, 4) is 0 Å². The number of amides is 2. The summed E-state index contributed by atoms with van der Waals surface area (Å²) in [5.41, 5.74) is -0.847. The van der Waals surface area contributed by atoms with Gasteiger partial charge in [-0.1, -0.05) is 6.92 Å². The van der Waals surface area contributed by atoms with Gasteiger partial charge in [0.1, 0.15) is 0 Å². The fraction of sp³-hybridized carbons (Fsp3) is 0.769. The summed E-state index contributed by atoms with van der Waals surface area (Å²) in [6.45, 7) is 4.92. The molecular formula is C13H22N2O4. The van der Waals surface area contributed by atoms with Gasteiger partial charge in [-0.2, -0.15) is 0 Å². The normalized spacial score (nSPS) is 22.3. The van der Waals surface area contributed by atoms with Crippen LogP contribution in [0, 0.1) is 5.41 Å². The highest BCUT2D eigenvalue weighted by Crippen LogP contribution is 2.30. The highest BCUT2D eigenvalue weighted by atomic mass is 16.4. The molecule has 0 spiro atoms. The van der Waals surface area contributed by atoms with Crippen LogP contribution in [0.25, 0.3) is 0 Å². The molecule has 108 valence electrons. The number of likely N-dealkylation sites (tertiary alicyclic amines) is 1. The number of hydrogen-bond donors (Lipinski definition) is 2. The van der Waals surface area contributed by atoms with Gasteiger partial charge in [-0.15, -0.1) is 0 Å². The molecule has 0 aromatic heterocycles. The third-order valence-electron chi connectivity index (χ3n) is 3.48. The first-order chi connectivity index (χ1) is 8.89. The maximum absolute atomic E-state index is 11.9. The average molecular weight is 270 g/mol. The smallest absolute Gasteiger partial charge is 0.311 e. The van der Waals surface area contributed by atoms with Crippen LogP contribution < -0.4 is 5.32 Å². The van der Waals surface area contributed by atoms with E-state index in [9.17, 15) is 14.4 Å². The Morgan fingerprint density at radius 2 is 2.00 bits per heavy atom. The molecule has 1 aliphatic rings. The number of hydrogen-bond acceptors (Lipinski definition) is 3. The van der Waals surface area contributed by atoms with Gasteiger partial charge in [0.25, 0.3) is 0 Å². The number of rotatable bonds is 6. The molecule has 0 radical (unpaired) electrons. The Morgan fingerprint density at radius 1 is 1.32 bits per heavy atom. The Bertz CT molecular complexity index is 370. The molecule has 0 bridgehead atoms. The Morgan fingerprint density at radius 3 is 2.53 bits per heavy atom. The van der Waals surface area contributed by atoms with Crippen molar-refractivity contribution in [2.45, 2.75) is 39.5 Å². The van der Waals surface area contributed by atoms with Crippen molar-refractivity contribution in [2.24, 2.45) is 5.41 Å². The Labute approximate surface area is 113 Å². The molecule has 1 heterocycles. The molecule has 19 heavy (non-hydrogen) atoms. The van der Waals surface area contributed by atoms with Crippen LogP contribution in [0.15, 0.2) is 0 Å². The second kappa shape index (κ2) is 6.54. The average Bonchev–Trinajstić information content (AvgIpc) is 2.77. The van der Waals surface area contributed by atoms with Crippen molar-refractivity contribution in [1.82, 2.24) is 10.2 Å². The largest absolute Gasteiger partial charge is 0.481 e. The number of nitrogens with one attached hydrogen (secondary N) is 1. The molecule has 2 amide bonds. The van der Waals surface area contributed by atoms with Crippen molar-refractivity contribution < 1.29 is 19.5 Å². The van der Waals surface area contributed by atoms with E-state index in [2.05, 4.69) is 5.32 Å². The molecule has 1 atom stereocenters. The van der Waals surface area contributed by atoms with Gasteiger partial charge in [0.05, 0.1) is 5.41 Å². The minimum Gasteiger partial charge on any atom is -0.481 e. The van der Waals surface area contributed by atoms with Crippen LogP contribution in [0.3, 0.4) is 0 Å². The lowest BCUT2D eigenvalue weighted by Crippen LogP contribution is -2.35. The molecule has 0 saturated carbocycles. The van der Waals surface area contributed by atoms with E-state index in [1.807, 2.05) is 6.92 Å². The van der Waals surface area contributed by atoms with Gasteiger partial charge in [0, 0.05) is 32.5 Å². The highest BCUT2D eigenvalue weighted by molar-refractivity contribution is 5.85. The topological polar surface area (TPSA) is 86.7 Å². The van der Waals surface area contributed by atoms with Crippen LogP contribution in [0.1, 0.15) is 39.5 Å². The third kappa shape index (κ3) is 4.22. The van der Waals surface area contributed by atoms with E-state index in [4.69, 9.17) is 5.11 Å². The van der Waals surface area contributed by atoms with Crippen LogP contribution >= 0.6 is 0 Å². The second-order valence-electron chi connectivity index (χ2n) is 5.28. The van der Waals surface area contributed by atoms with Gasteiger partial charge in [-0.3, -0.25) is 14.4 Å². The van der Waals surface area contributed by atoms with Gasteiger partial charge in [0.2, 0.25) is 11.8 Å². The summed E-state index contributed by atoms with van der Waals surface area (Å²) in [7, 11) is 0. The summed E-state index contributed by atoms with van der Waals surface area (Å²) in [5.74, 6) is -1.14. The van der Waals surface area contributed by atoms with Crippen molar-refractivity contribution in [1.29, 1.82) is 0 Å². The number of aliphatic carboxylic acids is 1. The standard InChI is InChI=1S/C13H22N2O4/c1-3-7-14-10(16)4-5-11(17)15-8-6-13(2,9-15)12(18)19/h3-9H2,1-2H3,(H,14,16)(H,18,19). The molecule has 2 N–H and O–H groups in total. The summed E-state index contributed by atoms with van der Waals surface area (Å²) in [6.07, 6.45) is 1.64. The first-order valence-electron chi connectivity index (χ1n) is 6.67. The van der Waals surface area contributed by atoms with Gasteiger partial charge < -0.3 is 15.3 Å². The summed E-state index contributed by atoms with van der Waals surface area (Å²) in [4.78, 5) is 35.9. The maximum Gasteiger partial charge on any atom is 0.311 e. The Balaban J connectivity index is 2.36. The molecule has 1 unspecified atom stereocenters. The molecule has 1 fully saturated rings. The zero-order valence-electron chi connectivity index (χ0n) is 11.6. The van der Waals surface area contributed by atoms with Crippen LogP contribution in [0.4, 0.5) is 0 Å². The van der Waals surface area contributed by atoms with Crippen LogP contribution in [-0.2, 0) is 14.4 Å². The molecule has 1 rings (SSSR count). The maximum atomic E-state index is 11.9. The van der Waals surface area contributed by atoms with Crippen LogP contribution in [-0.4, -0.2) is 47.4 Å². The summed E-state index contributed by atoms with van der Waals surface area (Å²) in [6, 6.07) is 0. The third-order valence-corrected chi connectivity index (χ3v) is 3.48. The monoisotopic (exact) mass is 270 g/mol. The molecule has 0 aromatic carbocycles. The predicted octanol–water partition coefficient (Wildman–Crippen LogP) is 0.616. The van der Waals surface area contributed by atoms with Gasteiger partial charge in [0.15, 0.2) is 0 Å². The summed E-state index contributed by atoms with van der Waals surface area (Å²) in [5, 5.41) is 11.8. The molecule has 6 nitrogen and oxygen atoms in total. The lowest BCUT2D eigenvalue weighted by molar-refractivity contribution is -0.147. The lowest BCUT2D eigenvalue weighted by atomic mass is 9.90. The first-order valence-corrected chi connectivity index (χ1v) is 6.67. The zero-order valence-corrected chi connectivity index (χ0v) is 11.6. The van der Waals surface area contributed by atoms with Crippen molar-refractivity contribution in [2.75, 3.05) is 19.6 Å². The number of carboxylic acids is 1. The van der Waals surface area contributed by atoms with E-state index in [0.29, 0.717) is 19.5 Å². The van der Waals surface area contributed by atoms with E-state index in [1.54, 1.807) is 11.8 Å². The predicted molar refractivity (Wildman–Crippen MR) is 69.5 cm³/mol.